The van der Waals surface area contributed by atoms with Gasteiger partial charge in [0, 0.05) is 10.5 Å². The summed E-state index contributed by atoms with van der Waals surface area (Å²) in [5.74, 6) is -1.14. The van der Waals surface area contributed by atoms with Crippen LogP contribution in [-0.2, 0) is 14.3 Å². The minimum atomic E-state index is -0.654. The van der Waals surface area contributed by atoms with Gasteiger partial charge in [-0.05, 0) is 17.7 Å². The molecule has 1 aromatic carbocycles. The molecule has 0 saturated carbocycles. The number of methoxy groups -OCH3 is 1. The predicted molar refractivity (Wildman–Crippen MR) is 86.1 cm³/mol. The number of hydrogen-bond donors (Lipinski definition) is 1. The Morgan fingerprint density at radius 1 is 1.14 bits per heavy atom. The van der Waals surface area contributed by atoms with Crippen LogP contribution in [0.3, 0.4) is 0 Å². The zero-order valence-corrected chi connectivity index (χ0v) is 13.6. The number of allylic oxidation sites excluding steroid dienone is 2. The molecule has 0 amide bonds. The van der Waals surface area contributed by atoms with Gasteiger partial charge in [-0.25, -0.2) is 0 Å². The first-order valence-electron chi connectivity index (χ1n) is 7.10. The smallest absolute Gasteiger partial charge is 0.323 e. The second-order valence-electron chi connectivity index (χ2n) is 5.42. The molecule has 1 fully saturated rings. The Balaban J connectivity index is 2.00. The third-order valence-corrected chi connectivity index (χ3v) is 4.70. The summed E-state index contributed by atoms with van der Waals surface area (Å²) in [6.07, 6.45) is 7.36. The van der Waals surface area contributed by atoms with E-state index < -0.39 is 17.9 Å². The van der Waals surface area contributed by atoms with Crippen LogP contribution in [-0.4, -0.2) is 24.9 Å². The summed E-state index contributed by atoms with van der Waals surface area (Å²) >= 11 is 3.41. The molecule has 4 nitrogen and oxygen atoms in total. The fourth-order valence-corrected chi connectivity index (χ4v) is 3.31. The van der Waals surface area contributed by atoms with Gasteiger partial charge in [0.25, 0.3) is 0 Å². The van der Waals surface area contributed by atoms with Crippen LogP contribution in [0.4, 0.5) is 0 Å². The monoisotopic (exact) mass is 361 g/mol. The highest BCUT2D eigenvalue weighted by atomic mass is 79.9. The van der Waals surface area contributed by atoms with Crippen molar-refractivity contribution in [1.82, 2.24) is 5.32 Å². The van der Waals surface area contributed by atoms with Crippen LogP contribution in [0.5, 0.6) is 0 Å². The van der Waals surface area contributed by atoms with E-state index in [1.54, 1.807) is 6.08 Å². The molecule has 114 valence electrons. The van der Waals surface area contributed by atoms with Crippen LogP contribution in [0.1, 0.15) is 11.6 Å². The van der Waals surface area contributed by atoms with Crippen molar-refractivity contribution in [2.75, 3.05) is 7.11 Å². The topological polar surface area (TPSA) is 55.4 Å². The van der Waals surface area contributed by atoms with E-state index in [4.69, 9.17) is 4.74 Å². The van der Waals surface area contributed by atoms with Gasteiger partial charge in [-0.1, -0.05) is 52.4 Å². The van der Waals surface area contributed by atoms with Crippen molar-refractivity contribution < 1.29 is 14.3 Å². The van der Waals surface area contributed by atoms with Gasteiger partial charge in [0.05, 0.1) is 18.9 Å². The van der Waals surface area contributed by atoms with Crippen LogP contribution in [0.15, 0.2) is 53.0 Å². The van der Waals surface area contributed by atoms with E-state index in [2.05, 4.69) is 21.2 Å². The van der Waals surface area contributed by atoms with E-state index in [9.17, 15) is 9.59 Å². The molecule has 5 heteroatoms. The summed E-state index contributed by atoms with van der Waals surface area (Å²) in [6.45, 7) is 0. The van der Waals surface area contributed by atoms with Crippen LogP contribution < -0.4 is 5.32 Å². The number of carbonyl (C=O) groups excluding carboxylic acids is 2. The van der Waals surface area contributed by atoms with Crippen LogP contribution in [0, 0.1) is 11.8 Å². The van der Waals surface area contributed by atoms with E-state index in [0.717, 1.165) is 10.0 Å². The molecule has 3 rings (SSSR count). The highest BCUT2D eigenvalue weighted by Crippen LogP contribution is 2.35. The fourth-order valence-electron chi connectivity index (χ4n) is 3.05. The molecule has 2 bridgehead atoms. The van der Waals surface area contributed by atoms with E-state index in [1.165, 1.54) is 7.11 Å². The average molecular weight is 362 g/mol. The quantitative estimate of drug-likeness (QED) is 0.822. The second kappa shape index (κ2) is 6.18. The maximum atomic E-state index is 12.7. The molecular weight excluding hydrogens is 346 g/mol. The molecule has 0 spiro atoms. The zero-order chi connectivity index (χ0) is 15.7. The molecule has 1 aromatic rings. The molecule has 1 heterocycles. The molecule has 1 aliphatic heterocycles. The van der Waals surface area contributed by atoms with Crippen LogP contribution in [0.2, 0.25) is 0 Å². The van der Waals surface area contributed by atoms with Gasteiger partial charge in [0.2, 0.25) is 0 Å². The van der Waals surface area contributed by atoms with Gasteiger partial charge in [-0.3, -0.25) is 14.9 Å². The van der Waals surface area contributed by atoms with Crippen molar-refractivity contribution in [2.45, 2.75) is 12.1 Å². The summed E-state index contributed by atoms with van der Waals surface area (Å²) in [5.41, 5.74) is 0.973. The minimum Gasteiger partial charge on any atom is -0.468 e. The van der Waals surface area contributed by atoms with Crippen molar-refractivity contribution in [3.8, 4) is 0 Å². The largest absolute Gasteiger partial charge is 0.468 e. The van der Waals surface area contributed by atoms with Crippen molar-refractivity contribution in [2.24, 2.45) is 11.8 Å². The van der Waals surface area contributed by atoms with Gasteiger partial charge < -0.3 is 4.74 Å². The molecule has 1 N–H and O–H groups in total. The Labute approximate surface area is 137 Å². The summed E-state index contributed by atoms with van der Waals surface area (Å²) in [6, 6.07) is 6.88. The first-order valence-corrected chi connectivity index (χ1v) is 7.89. The Morgan fingerprint density at radius 2 is 1.77 bits per heavy atom. The van der Waals surface area contributed by atoms with Crippen molar-refractivity contribution in [3.05, 3.63) is 58.6 Å². The van der Waals surface area contributed by atoms with Crippen LogP contribution >= 0.6 is 15.9 Å². The number of ether oxygens (including phenoxy) is 1. The van der Waals surface area contributed by atoms with Crippen molar-refractivity contribution in [3.63, 3.8) is 0 Å². The lowest BCUT2D eigenvalue weighted by Crippen LogP contribution is -2.55. The Morgan fingerprint density at radius 3 is 2.41 bits per heavy atom. The Kier molecular flexibility index (Phi) is 4.27. The van der Waals surface area contributed by atoms with Crippen LogP contribution in [0.25, 0.3) is 0 Å². The number of rotatable bonds is 2. The number of piperidine rings is 1. The van der Waals surface area contributed by atoms with Gasteiger partial charge in [0.15, 0.2) is 5.78 Å². The number of benzene rings is 1. The fraction of sp³-hybridized carbons (Fsp3) is 0.294. The second-order valence-corrected chi connectivity index (χ2v) is 6.34. The highest BCUT2D eigenvalue weighted by molar-refractivity contribution is 9.10. The standard InChI is InChI=1S/C17H16BrNO3/c1-22-17(21)15-13-5-3-2-4-12(16(13)20)14(19-15)10-6-8-11(18)9-7-10/h2-9,12-15,19H,1H3/t12?,13?,14-,15+/m0/s1. The number of Topliss-reactive ketones (excluding diaryl/α,β-unsaturated/α-hetero) is 1. The number of ketones is 1. The Bertz CT molecular complexity index is 650. The molecular formula is C17H16BrNO3. The van der Waals surface area contributed by atoms with Gasteiger partial charge >= 0.3 is 5.97 Å². The van der Waals surface area contributed by atoms with Gasteiger partial charge in [0.1, 0.15) is 6.04 Å². The average Bonchev–Trinajstić information content (AvgIpc) is 2.65. The predicted octanol–water partition coefficient (Wildman–Crippen LogP) is 2.56. The first kappa shape index (κ1) is 15.2. The Hall–Kier alpha value is -1.72. The third-order valence-electron chi connectivity index (χ3n) is 4.17. The number of halogens is 1. The lowest BCUT2D eigenvalue weighted by molar-refractivity contribution is -0.149. The number of hydrogen-bond acceptors (Lipinski definition) is 4. The number of nitrogens with one attached hydrogen (secondary N) is 1. The number of fused-ring (bicyclic) bond motifs is 2. The van der Waals surface area contributed by atoms with E-state index in [-0.39, 0.29) is 17.7 Å². The van der Waals surface area contributed by atoms with Crippen molar-refractivity contribution >= 4 is 27.7 Å². The van der Waals surface area contributed by atoms with Gasteiger partial charge in [-0.15, -0.1) is 0 Å². The summed E-state index contributed by atoms with van der Waals surface area (Å²) in [7, 11) is 1.34. The van der Waals surface area contributed by atoms with E-state index in [1.807, 2.05) is 42.5 Å². The normalized spacial score (nSPS) is 30.0. The van der Waals surface area contributed by atoms with E-state index >= 15 is 0 Å². The highest BCUT2D eigenvalue weighted by Gasteiger charge is 2.45. The molecule has 2 unspecified atom stereocenters. The molecule has 22 heavy (non-hydrogen) atoms. The van der Waals surface area contributed by atoms with Crippen molar-refractivity contribution in [1.29, 1.82) is 0 Å². The van der Waals surface area contributed by atoms with E-state index in [0.29, 0.717) is 0 Å². The summed E-state index contributed by atoms with van der Waals surface area (Å²) in [5, 5.41) is 3.30. The summed E-state index contributed by atoms with van der Waals surface area (Å²) < 4.78 is 5.83. The number of esters is 1. The lowest BCUT2D eigenvalue weighted by Gasteiger charge is -2.37. The molecule has 0 radical (unpaired) electrons. The maximum absolute atomic E-state index is 12.7. The summed E-state index contributed by atoms with van der Waals surface area (Å²) in [4.78, 5) is 24.8. The number of carbonyl (C=O) groups is 2. The third kappa shape index (κ3) is 2.66. The molecule has 1 saturated heterocycles. The van der Waals surface area contributed by atoms with Gasteiger partial charge in [-0.2, -0.15) is 0 Å². The molecule has 2 aliphatic rings. The SMILES string of the molecule is COC(=O)[C@@H]1N[C@@H](c2ccc(Br)cc2)C2C=CC=CC1C2=O. The molecule has 1 aliphatic carbocycles. The molecule has 0 aromatic heterocycles. The first-order chi connectivity index (χ1) is 10.6. The molecule has 4 atom stereocenters. The minimum absolute atomic E-state index is 0.0482. The lowest BCUT2D eigenvalue weighted by atomic mass is 9.77. The zero-order valence-electron chi connectivity index (χ0n) is 12.0. The maximum Gasteiger partial charge on any atom is 0.323 e.